The molecule has 0 aliphatic heterocycles. The van der Waals surface area contributed by atoms with Crippen LogP contribution >= 0.6 is 23.1 Å². The lowest BCUT2D eigenvalue weighted by Gasteiger charge is -2.01. The zero-order valence-corrected chi connectivity index (χ0v) is 15.2. The highest BCUT2D eigenvalue weighted by atomic mass is 32.2. The molecule has 3 aromatic rings. The standard InChI is InChI=1S/C18H16FN3OS2/c1-12-3-2-4-14(9-12)11-24-18-22-21-17(25-18)20-16(23)10-13-5-7-15(19)8-6-13/h2-9H,10-11H2,1H3,(H,20,21,23). The summed E-state index contributed by atoms with van der Waals surface area (Å²) in [6, 6.07) is 14.2. The van der Waals surface area contributed by atoms with E-state index in [2.05, 4.69) is 40.6 Å². The van der Waals surface area contributed by atoms with Crippen LogP contribution in [0.3, 0.4) is 0 Å². The molecule has 0 spiro atoms. The smallest absolute Gasteiger partial charge is 0.230 e. The quantitative estimate of drug-likeness (QED) is 0.512. The molecule has 0 fully saturated rings. The molecule has 0 aliphatic rings. The Morgan fingerprint density at radius 3 is 2.72 bits per heavy atom. The second kappa shape index (κ2) is 8.22. The molecule has 1 N–H and O–H groups in total. The molecule has 2 aromatic carbocycles. The van der Waals surface area contributed by atoms with Gasteiger partial charge in [-0.05, 0) is 30.2 Å². The molecule has 4 nitrogen and oxygen atoms in total. The van der Waals surface area contributed by atoms with Gasteiger partial charge in [0.2, 0.25) is 11.0 Å². The zero-order valence-electron chi connectivity index (χ0n) is 13.5. The fourth-order valence-electron chi connectivity index (χ4n) is 2.22. The number of carbonyl (C=O) groups excluding carboxylic acids is 1. The van der Waals surface area contributed by atoms with Crippen LogP contribution in [0, 0.1) is 12.7 Å². The molecule has 0 bridgehead atoms. The molecule has 1 aromatic heterocycles. The SMILES string of the molecule is Cc1cccc(CSc2nnc(NC(=O)Cc3ccc(F)cc3)s2)c1. The molecule has 1 heterocycles. The van der Waals surface area contributed by atoms with Gasteiger partial charge < -0.3 is 5.32 Å². The molecule has 3 rings (SSSR count). The number of benzene rings is 2. The van der Waals surface area contributed by atoms with E-state index in [-0.39, 0.29) is 18.1 Å². The fourth-order valence-corrected chi connectivity index (χ4v) is 3.93. The van der Waals surface area contributed by atoms with Crippen molar-refractivity contribution in [2.75, 3.05) is 5.32 Å². The lowest BCUT2D eigenvalue weighted by atomic mass is 10.1. The first-order valence-corrected chi connectivity index (χ1v) is 9.45. The first-order valence-electron chi connectivity index (χ1n) is 7.64. The Labute approximate surface area is 153 Å². The molecule has 1 amide bonds. The topological polar surface area (TPSA) is 54.9 Å². The van der Waals surface area contributed by atoms with Crippen molar-refractivity contribution in [3.05, 3.63) is 71.0 Å². The van der Waals surface area contributed by atoms with Crippen molar-refractivity contribution < 1.29 is 9.18 Å². The third-order valence-corrected chi connectivity index (χ3v) is 5.42. The Kier molecular flexibility index (Phi) is 5.78. The molecular weight excluding hydrogens is 357 g/mol. The summed E-state index contributed by atoms with van der Waals surface area (Å²) in [5.41, 5.74) is 3.20. The predicted molar refractivity (Wildman–Crippen MR) is 99.4 cm³/mol. The number of aromatic nitrogens is 2. The van der Waals surface area contributed by atoms with Crippen LogP contribution < -0.4 is 5.32 Å². The number of anilines is 1. The van der Waals surface area contributed by atoms with E-state index >= 15 is 0 Å². The van der Waals surface area contributed by atoms with Crippen molar-refractivity contribution >= 4 is 34.1 Å². The monoisotopic (exact) mass is 373 g/mol. The third-order valence-electron chi connectivity index (χ3n) is 3.38. The van der Waals surface area contributed by atoms with Crippen molar-refractivity contribution in [3.8, 4) is 0 Å². The Bertz CT molecular complexity index is 865. The van der Waals surface area contributed by atoms with E-state index in [9.17, 15) is 9.18 Å². The molecule has 0 saturated heterocycles. The van der Waals surface area contributed by atoms with Gasteiger partial charge in [-0.15, -0.1) is 10.2 Å². The first-order chi connectivity index (χ1) is 12.1. The number of carbonyl (C=O) groups is 1. The molecule has 0 saturated carbocycles. The number of thioether (sulfide) groups is 1. The molecular formula is C18H16FN3OS2. The lowest BCUT2D eigenvalue weighted by molar-refractivity contribution is -0.115. The van der Waals surface area contributed by atoms with E-state index < -0.39 is 0 Å². The minimum atomic E-state index is -0.316. The number of halogens is 1. The number of hydrogen-bond donors (Lipinski definition) is 1. The number of hydrogen-bond acceptors (Lipinski definition) is 5. The van der Waals surface area contributed by atoms with Crippen molar-refractivity contribution in [2.45, 2.75) is 23.4 Å². The van der Waals surface area contributed by atoms with Gasteiger partial charge in [-0.25, -0.2) is 4.39 Å². The number of nitrogens with one attached hydrogen (secondary N) is 1. The average molecular weight is 373 g/mol. The van der Waals surface area contributed by atoms with E-state index in [0.717, 1.165) is 15.7 Å². The normalized spacial score (nSPS) is 10.6. The molecule has 0 radical (unpaired) electrons. The Hall–Kier alpha value is -2.25. The lowest BCUT2D eigenvalue weighted by Crippen LogP contribution is -2.14. The number of amides is 1. The van der Waals surface area contributed by atoms with Gasteiger partial charge in [0.1, 0.15) is 5.82 Å². The van der Waals surface area contributed by atoms with Crippen LogP contribution in [-0.2, 0) is 17.0 Å². The highest BCUT2D eigenvalue weighted by molar-refractivity contribution is 8.00. The van der Waals surface area contributed by atoms with Gasteiger partial charge in [0.15, 0.2) is 4.34 Å². The van der Waals surface area contributed by atoms with Crippen LogP contribution in [0.5, 0.6) is 0 Å². The maximum Gasteiger partial charge on any atom is 0.230 e. The molecule has 0 aliphatic carbocycles. The van der Waals surface area contributed by atoms with Gasteiger partial charge in [-0.1, -0.05) is 65.1 Å². The van der Waals surface area contributed by atoms with Gasteiger partial charge in [-0.2, -0.15) is 0 Å². The number of nitrogens with zero attached hydrogens (tertiary/aromatic N) is 2. The van der Waals surface area contributed by atoms with Crippen molar-refractivity contribution in [1.82, 2.24) is 10.2 Å². The van der Waals surface area contributed by atoms with Crippen LogP contribution in [-0.4, -0.2) is 16.1 Å². The molecule has 7 heteroatoms. The highest BCUT2D eigenvalue weighted by Crippen LogP contribution is 2.28. The second-order valence-electron chi connectivity index (χ2n) is 5.50. The highest BCUT2D eigenvalue weighted by Gasteiger charge is 2.10. The molecule has 0 atom stereocenters. The third kappa shape index (κ3) is 5.37. The van der Waals surface area contributed by atoms with Gasteiger partial charge in [0.05, 0.1) is 6.42 Å². The maximum absolute atomic E-state index is 12.9. The van der Waals surface area contributed by atoms with E-state index in [1.807, 2.05) is 6.07 Å². The van der Waals surface area contributed by atoms with Gasteiger partial charge in [0, 0.05) is 5.75 Å². The summed E-state index contributed by atoms with van der Waals surface area (Å²) < 4.78 is 13.7. The fraction of sp³-hybridized carbons (Fsp3) is 0.167. The second-order valence-corrected chi connectivity index (χ2v) is 7.70. The van der Waals surface area contributed by atoms with E-state index in [1.54, 1.807) is 23.9 Å². The van der Waals surface area contributed by atoms with Gasteiger partial charge >= 0.3 is 0 Å². The van der Waals surface area contributed by atoms with Crippen molar-refractivity contribution in [2.24, 2.45) is 0 Å². The van der Waals surface area contributed by atoms with E-state index in [0.29, 0.717) is 5.13 Å². The van der Waals surface area contributed by atoms with Crippen LogP contribution in [0.1, 0.15) is 16.7 Å². The maximum atomic E-state index is 12.9. The average Bonchev–Trinajstić information content (AvgIpc) is 3.02. The summed E-state index contributed by atoms with van der Waals surface area (Å²) in [4.78, 5) is 12.0. The Balaban J connectivity index is 1.52. The zero-order chi connectivity index (χ0) is 17.6. The summed E-state index contributed by atoms with van der Waals surface area (Å²) >= 11 is 2.93. The largest absolute Gasteiger partial charge is 0.300 e. The van der Waals surface area contributed by atoms with Crippen LogP contribution in [0.4, 0.5) is 9.52 Å². The summed E-state index contributed by atoms with van der Waals surface area (Å²) in [6.45, 7) is 2.06. The van der Waals surface area contributed by atoms with E-state index in [1.165, 1.54) is 34.6 Å². The Morgan fingerprint density at radius 1 is 1.16 bits per heavy atom. The Morgan fingerprint density at radius 2 is 1.96 bits per heavy atom. The van der Waals surface area contributed by atoms with Crippen LogP contribution in [0.15, 0.2) is 52.9 Å². The first kappa shape index (κ1) is 17.6. The van der Waals surface area contributed by atoms with Gasteiger partial charge in [-0.3, -0.25) is 4.79 Å². The van der Waals surface area contributed by atoms with Crippen LogP contribution in [0.2, 0.25) is 0 Å². The summed E-state index contributed by atoms with van der Waals surface area (Å²) in [5, 5.41) is 11.3. The summed E-state index contributed by atoms with van der Waals surface area (Å²) in [6.07, 6.45) is 0.172. The van der Waals surface area contributed by atoms with Crippen LogP contribution in [0.25, 0.3) is 0 Å². The number of aryl methyl sites for hydroxylation is 1. The number of rotatable bonds is 6. The summed E-state index contributed by atoms with van der Waals surface area (Å²) in [7, 11) is 0. The molecule has 128 valence electrons. The van der Waals surface area contributed by atoms with Gasteiger partial charge in [0.25, 0.3) is 0 Å². The van der Waals surface area contributed by atoms with Crippen molar-refractivity contribution in [1.29, 1.82) is 0 Å². The van der Waals surface area contributed by atoms with Crippen molar-refractivity contribution in [3.63, 3.8) is 0 Å². The minimum absolute atomic E-state index is 0.172. The predicted octanol–water partition coefficient (Wildman–Crippen LogP) is 4.46. The van der Waals surface area contributed by atoms with E-state index in [4.69, 9.17) is 0 Å². The minimum Gasteiger partial charge on any atom is -0.300 e. The molecule has 0 unspecified atom stereocenters. The molecule has 25 heavy (non-hydrogen) atoms. The summed E-state index contributed by atoms with van der Waals surface area (Å²) in [5.74, 6) is 0.293.